The fourth-order valence-electron chi connectivity index (χ4n) is 3.83. The minimum atomic E-state index is -3.87. The van der Waals surface area contributed by atoms with E-state index in [1.807, 2.05) is 13.0 Å². The van der Waals surface area contributed by atoms with Gasteiger partial charge in [0.1, 0.15) is 0 Å². The third-order valence-corrected chi connectivity index (χ3v) is 7.24. The number of amides is 3. The summed E-state index contributed by atoms with van der Waals surface area (Å²) < 4.78 is 28.6. The molecule has 0 aromatic heterocycles. The molecule has 180 valence electrons. The highest BCUT2D eigenvalue weighted by atomic mass is 32.2. The van der Waals surface area contributed by atoms with Crippen LogP contribution in [0.2, 0.25) is 0 Å². The first-order valence-electron chi connectivity index (χ1n) is 11.1. The number of hydrogen-bond donors (Lipinski definition) is 2. The number of carbonyl (C=O) groups is 3. The van der Waals surface area contributed by atoms with Crippen molar-refractivity contribution < 1.29 is 22.8 Å². The summed E-state index contributed by atoms with van der Waals surface area (Å²) in [6.07, 6.45) is 0.460. The van der Waals surface area contributed by atoms with Gasteiger partial charge in [-0.2, -0.15) is 0 Å². The van der Waals surface area contributed by atoms with Crippen LogP contribution in [0.3, 0.4) is 0 Å². The van der Waals surface area contributed by atoms with Crippen LogP contribution < -0.4 is 10.0 Å². The molecule has 0 radical (unpaired) electrons. The number of sulfonamides is 1. The number of anilines is 2. The van der Waals surface area contributed by atoms with Crippen molar-refractivity contribution in [3.63, 3.8) is 0 Å². The summed E-state index contributed by atoms with van der Waals surface area (Å²) in [6.45, 7) is 3.73. The topological polar surface area (TPSA) is 113 Å². The molecule has 3 aromatic rings. The van der Waals surface area contributed by atoms with E-state index in [-0.39, 0.29) is 36.1 Å². The maximum absolute atomic E-state index is 13.0. The Hall–Kier alpha value is -3.98. The standard InChI is InChI=1S/C26H25N3O5S/c1-17-4-3-5-22(14-17)28-35(33,34)23-15-21(11-6-18(23)2)27-26(32)20-9-7-19(8-10-20)16-29-24(30)12-13-25(29)31/h3-11,14-15,28H,12-13,16H2,1-2H3,(H,27,32). The average Bonchev–Trinajstić information content (AvgIpc) is 3.12. The van der Waals surface area contributed by atoms with E-state index in [9.17, 15) is 22.8 Å². The minimum Gasteiger partial charge on any atom is -0.322 e. The fraction of sp³-hybridized carbons (Fsp3) is 0.192. The summed E-state index contributed by atoms with van der Waals surface area (Å²) in [6, 6.07) is 18.3. The molecule has 1 aliphatic rings. The molecule has 1 fully saturated rings. The zero-order valence-electron chi connectivity index (χ0n) is 19.4. The van der Waals surface area contributed by atoms with Crippen LogP contribution in [-0.4, -0.2) is 31.0 Å². The lowest BCUT2D eigenvalue weighted by atomic mass is 10.1. The normalized spacial score (nSPS) is 13.7. The Morgan fingerprint density at radius 1 is 0.886 bits per heavy atom. The smallest absolute Gasteiger partial charge is 0.262 e. The lowest BCUT2D eigenvalue weighted by molar-refractivity contribution is -0.139. The van der Waals surface area contributed by atoms with Crippen molar-refractivity contribution in [3.05, 3.63) is 89.0 Å². The molecule has 1 saturated heterocycles. The molecule has 0 aliphatic carbocycles. The van der Waals surface area contributed by atoms with Gasteiger partial charge in [0.25, 0.3) is 15.9 Å². The van der Waals surface area contributed by atoms with Gasteiger partial charge < -0.3 is 5.32 Å². The van der Waals surface area contributed by atoms with Gasteiger partial charge in [-0.15, -0.1) is 0 Å². The SMILES string of the molecule is Cc1cccc(NS(=O)(=O)c2cc(NC(=O)c3ccc(CN4C(=O)CCC4=O)cc3)ccc2C)c1. The lowest BCUT2D eigenvalue weighted by Crippen LogP contribution is -2.28. The van der Waals surface area contributed by atoms with Gasteiger partial charge in [0, 0.05) is 29.8 Å². The summed E-state index contributed by atoms with van der Waals surface area (Å²) in [5.74, 6) is -0.804. The quantitative estimate of drug-likeness (QED) is 0.485. The van der Waals surface area contributed by atoms with E-state index in [4.69, 9.17) is 0 Å². The van der Waals surface area contributed by atoms with Gasteiger partial charge in [-0.3, -0.25) is 24.0 Å². The van der Waals surface area contributed by atoms with E-state index in [1.54, 1.807) is 61.5 Å². The maximum Gasteiger partial charge on any atom is 0.262 e. The fourth-order valence-corrected chi connectivity index (χ4v) is 5.15. The molecule has 2 N–H and O–H groups in total. The van der Waals surface area contributed by atoms with Crippen LogP contribution in [0.5, 0.6) is 0 Å². The molecule has 0 spiro atoms. The monoisotopic (exact) mass is 491 g/mol. The molecule has 3 aromatic carbocycles. The number of imide groups is 1. The lowest BCUT2D eigenvalue weighted by Gasteiger charge is -2.14. The van der Waals surface area contributed by atoms with Gasteiger partial charge in [0.05, 0.1) is 11.4 Å². The van der Waals surface area contributed by atoms with Gasteiger partial charge in [0.15, 0.2) is 0 Å². The largest absolute Gasteiger partial charge is 0.322 e. The summed E-state index contributed by atoms with van der Waals surface area (Å²) in [5.41, 5.74) is 3.34. The Morgan fingerprint density at radius 3 is 2.23 bits per heavy atom. The van der Waals surface area contributed by atoms with Gasteiger partial charge >= 0.3 is 0 Å². The predicted molar refractivity (Wildman–Crippen MR) is 132 cm³/mol. The molecule has 0 unspecified atom stereocenters. The zero-order valence-corrected chi connectivity index (χ0v) is 20.2. The van der Waals surface area contributed by atoms with Crippen LogP contribution in [0.4, 0.5) is 11.4 Å². The summed E-state index contributed by atoms with van der Waals surface area (Å²) >= 11 is 0. The average molecular weight is 492 g/mol. The molecule has 0 saturated carbocycles. The highest BCUT2D eigenvalue weighted by molar-refractivity contribution is 7.92. The Labute approximate surface area is 204 Å². The van der Waals surface area contributed by atoms with E-state index >= 15 is 0 Å². The van der Waals surface area contributed by atoms with Crippen LogP contribution in [0.15, 0.2) is 71.6 Å². The van der Waals surface area contributed by atoms with Gasteiger partial charge in [-0.1, -0.05) is 30.3 Å². The second kappa shape index (κ2) is 9.71. The minimum absolute atomic E-state index is 0.0621. The van der Waals surface area contributed by atoms with Gasteiger partial charge in [0.2, 0.25) is 11.8 Å². The molecule has 4 rings (SSSR count). The Kier molecular flexibility index (Phi) is 6.70. The van der Waals surface area contributed by atoms with Crippen LogP contribution in [0.1, 0.15) is 39.9 Å². The summed E-state index contributed by atoms with van der Waals surface area (Å²) in [4.78, 5) is 37.6. The van der Waals surface area contributed by atoms with Crippen molar-refractivity contribution in [3.8, 4) is 0 Å². The van der Waals surface area contributed by atoms with Gasteiger partial charge in [-0.25, -0.2) is 8.42 Å². The second-order valence-corrected chi connectivity index (χ2v) is 10.1. The molecule has 0 bridgehead atoms. The molecule has 3 amide bonds. The Morgan fingerprint density at radius 2 is 1.57 bits per heavy atom. The molecule has 1 heterocycles. The van der Waals surface area contributed by atoms with Crippen LogP contribution in [-0.2, 0) is 26.2 Å². The molecular weight excluding hydrogens is 466 g/mol. The third-order valence-electron chi connectivity index (χ3n) is 5.72. The highest BCUT2D eigenvalue weighted by Gasteiger charge is 2.28. The maximum atomic E-state index is 13.0. The number of rotatable bonds is 7. The van der Waals surface area contributed by atoms with E-state index < -0.39 is 15.9 Å². The van der Waals surface area contributed by atoms with Crippen molar-refractivity contribution in [2.24, 2.45) is 0 Å². The molecular formula is C26H25N3O5S. The van der Waals surface area contributed by atoms with Crippen molar-refractivity contribution in [1.29, 1.82) is 0 Å². The number of hydrogen-bond acceptors (Lipinski definition) is 5. The predicted octanol–water partition coefficient (Wildman–Crippen LogP) is 4.01. The number of nitrogens with one attached hydrogen (secondary N) is 2. The third kappa shape index (κ3) is 5.58. The van der Waals surface area contributed by atoms with Crippen molar-refractivity contribution in [2.75, 3.05) is 10.0 Å². The van der Waals surface area contributed by atoms with E-state index in [0.717, 1.165) is 11.1 Å². The number of aryl methyl sites for hydroxylation is 2. The van der Waals surface area contributed by atoms with Crippen LogP contribution >= 0.6 is 0 Å². The summed E-state index contributed by atoms with van der Waals surface area (Å²) in [5, 5.41) is 2.73. The van der Waals surface area contributed by atoms with E-state index in [1.165, 1.54) is 11.0 Å². The molecule has 9 heteroatoms. The van der Waals surface area contributed by atoms with Crippen LogP contribution in [0, 0.1) is 13.8 Å². The first-order valence-corrected chi connectivity index (χ1v) is 12.5. The van der Waals surface area contributed by atoms with Crippen molar-refractivity contribution in [2.45, 2.75) is 38.1 Å². The number of likely N-dealkylation sites (tertiary alicyclic amines) is 1. The van der Waals surface area contributed by atoms with Crippen LogP contribution in [0.25, 0.3) is 0 Å². The molecule has 8 nitrogen and oxygen atoms in total. The van der Waals surface area contributed by atoms with E-state index in [2.05, 4.69) is 10.0 Å². The number of carbonyl (C=O) groups excluding carboxylic acids is 3. The highest BCUT2D eigenvalue weighted by Crippen LogP contribution is 2.24. The second-order valence-electron chi connectivity index (χ2n) is 8.48. The van der Waals surface area contributed by atoms with E-state index in [0.29, 0.717) is 22.5 Å². The zero-order chi connectivity index (χ0) is 25.2. The molecule has 0 atom stereocenters. The first kappa shape index (κ1) is 24.2. The Bertz CT molecular complexity index is 1400. The molecule has 1 aliphatic heterocycles. The Balaban J connectivity index is 1.47. The summed E-state index contributed by atoms with van der Waals surface area (Å²) in [7, 11) is -3.87. The van der Waals surface area contributed by atoms with Crippen molar-refractivity contribution >= 4 is 39.1 Å². The first-order chi connectivity index (χ1) is 16.6. The van der Waals surface area contributed by atoms with Gasteiger partial charge in [-0.05, 0) is 66.9 Å². The molecule has 35 heavy (non-hydrogen) atoms. The number of nitrogens with zero attached hydrogens (tertiary/aromatic N) is 1. The van der Waals surface area contributed by atoms with Crippen molar-refractivity contribution in [1.82, 2.24) is 4.90 Å². The number of benzene rings is 3.